The number of pyridine rings is 1. The Hall–Kier alpha value is -5.34. The molecule has 4 saturated heterocycles. The van der Waals surface area contributed by atoms with Crippen LogP contribution in [0.15, 0.2) is 54.2 Å². The maximum Gasteiger partial charge on any atom is 0.246 e. The number of hydrogen-bond acceptors (Lipinski definition) is 13. The zero-order valence-corrected chi connectivity index (χ0v) is 39.9. The van der Waals surface area contributed by atoms with Gasteiger partial charge in [-0.05, 0) is 68.2 Å². The number of β-amino-alcohol motifs (C(OH)–C–C–N with tert-alkyl or cyclic N) is 1. The molecule has 6 amide bonds. The van der Waals surface area contributed by atoms with Gasteiger partial charge < -0.3 is 51.0 Å². The fourth-order valence-electron chi connectivity index (χ4n) is 9.69. The van der Waals surface area contributed by atoms with Crippen LogP contribution in [0.25, 0.3) is 10.4 Å². The van der Waals surface area contributed by atoms with E-state index in [9.17, 15) is 33.9 Å². The van der Waals surface area contributed by atoms with Crippen LogP contribution in [0.5, 0.6) is 0 Å². The third kappa shape index (κ3) is 11.5. The van der Waals surface area contributed by atoms with Crippen molar-refractivity contribution < 1.29 is 43.3 Å². The Kier molecular flexibility index (Phi) is 15.8. The Morgan fingerprint density at radius 2 is 1.63 bits per heavy atom. The highest BCUT2D eigenvalue weighted by molar-refractivity contribution is 7.13. The molecular weight excluding hydrogens is 879 g/mol. The molecule has 18 nitrogen and oxygen atoms in total. The predicted molar refractivity (Wildman–Crippen MR) is 249 cm³/mol. The fraction of sp³-hybridized carbons (Fsp3) is 0.583. The highest BCUT2D eigenvalue weighted by Gasteiger charge is 2.53. The number of nitrogens with zero attached hydrogens (tertiary/aromatic N) is 5. The number of aromatic nitrogens is 2. The molecule has 4 fully saturated rings. The summed E-state index contributed by atoms with van der Waals surface area (Å²) in [6.45, 7) is 8.73. The first kappa shape index (κ1) is 49.6. The quantitative estimate of drug-likeness (QED) is 0.130. The molecule has 19 heteroatoms. The van der Waals surface area contributed by atoms with E-state index in [0.29, 0.717) is 18.5 Å². The smallest absolute Gasteiger partial charge is 0.246 e. The number of nitrogens with one attached hydrogen (secondary N) is 3. The molecule has 0 bridgehead atoms. The summed E-state index contributed by atoms with van der Waals surface area (Å²) in [4.78, 5) is 96.0. The van der Waals surface area contributed by atoms with Crippen molar-refractivity contribution in [3.05, 3.63) is 71.1 Å². The van der Waals surface area contributed by atoms with Crippen LogP contribution in [-0.2, 0) is 43.8 Å². The predicted octanol–water partition coefficient (Wildman–Crippen LogP) is 2.33. The van der Waals surface area contributed by atoms with Crippen LogP contribution in [0.1, 0.15) is 95.6 Å². The fourth-order valence-corrected chi connectivity index (χ4v) is 10.5. The molecule has 7 rings (SSSR count). The lowest BCUT2D eigenvalue weighted by Gasteiger charge is -2.51. The van der Waals surface area contributed by atoms with E-state index in [1.54, 1.807) is 65.7 Å². The highest BCUT2D eigenvalue weighted by Crippen LogP contribution is 2.37. The van der Waals surface area contributed by atoms with Gasteiger partial charge in [0.15, 0.2) is 0 Å². The second kappa shape index (κ2) is 21.3. The number of carbonyl (C=O) groups excluding carboxylic acids is 6. The molecule has 4 aliphatic heterocycles. The SMILES string of the molecule is Cc1ncsc1-c1ccc([C@H](C)NC(=O)[C@@H]2C[C@@H](O)CN2C(=O)[C@@H](NC(=O)COCCOCC(=O)NC2(c3ccccn3)CN(C(=O)[C@@H]3CC[C@H]4CCCC[C@H](N)C(=O)N43)C2)C(C)(C)C)cc1. The first-order chi connectivity index (χ1) is 32.0. The summed E-state index contributed by atoms with van der Waals surface area (Å²) in [5.74, 6) is -2.22. The number of aliphatic hydroxyl groups is 1. The number of amides is 6. The van der Waals surface area contributed by atoms with Crippen LogP contribution in [0.4, 0.5) is 0 Å². The van der Waals surface area contributed by atoms with Gasteiger partial charge in [0.05, 0.1) is 66.3 Å². The van der Waals surface area contributed by atoms with Crippen molar-refractivity contribution in [3.63, 3.8) is 0 Å². The van der Waals surface area contributed by atoms with Crippen LogP contribution in [0.3, 0.4) is 0 Å². The average Bonchev–Trinajstić information content (AvgIpc) is 4.03. The van der Waals surface area contributed by atoms with Crippen molar-refractivity contribution in [2.24, 2.45) is 11.1 Å². The Labute approximate surface area is 395 Å². The second-order valence-electron chi connectivity index (χ2n) is 19.4. The van der Waals surface area contributed by atoms with Crippen molar-refractivity contribution in [1.29, 1.82) is 0 Å². The van der Waals surface area contributed by atoms with Gasteiger partial charge in [0.25, 0.3) is 0 Å². The van der Waals surface area contributed by atoms with Gasteiger partial charge in [-0.25, -0.2) is 4.98 Å². The van der Waals surface area contributed by atoms with Gasteiger partial charge >= 0.3 is 0 Å². The molecule has 4 aliphatic rings. The Bertz CT molecular complexity index is 2250. The maximum atomic E-state index is 14.1. The molecule has 0 saturated carbocycles. The summed E-state index contributed by atoms with van der Waals surface area (Å²) >= 11 is 1.56. The normalized spacial score (nSPS) is 23.6. The minimum Gasteiger partial charge on any atom is -0.391 e. The number of likely N-dealkylation sites (tertiary alicyclic amines) is 2. The van der Waals surface area contributed by atoms with Crippen molar-refractivity contribution >= 4 is 46.8 Å². The zero-order chi connectivity index (χ0) is 48.0. The molecule has 2 aromatic heterocycles. The van der Waals surface area contributed by atoms with E-state index in [4.69, 9.17) is 15.2 Å². The number of hydrogen-bond donors (Lipinski definition) is 5. The van der Waals surface area contributed by atoms with Crippen LogP contribution < -0.4 is 21.7 Å². The van der Waals surface area contributed by atoms with Gasteiger partial charge in [0.1, 0.15) is 36.9 Å². The van der Waals surface area contributed by atoms with E-state index in [1.807, 2.05) is 44.2 Å². The molecule has 1 aromatic carbocycles. The summed E-state index contributed by atoms with van der Waals surface area (Å²) in [6.07, 6.45) is 5.42. The van der Waals surface area contributed by atoms with Crippen LogP contribution >= 0.6 is 11.3 Å². The van der Waals surface area contributed by atoms with Crippen molar-refractivity contribution in [2.45, 2.75) is 127 Å². The standard InChI is InChI=1S/C48H65N9O9S/c1-29(31-13-15-32(16-14-31)41-30(2)51-28-67-41)52-43(61)37-22-34(58)23-56(37)46(64)42(47(3,4)5)53-39(59)24-65-20-21-66-25-40(60)54-48(38-12-8-9-19-50-38)26-55(27-48)45(63)36-18-17-33-10-6-7-11-35(49)44(62)57(33)36/h8-9,12-16,19,28-29,33-37,42,58H,6-7,10-11,17-18,20-27,49H2,1-5H3,(H,52,61)(H,53,59)(H,54,60)/t29-,33+,34+,35-,36-,37-,42+/m0/s1. The zero-order valence-electron chi connectivity index (χ0n) is 39.1. The first-order valence-corrected chi connectivity index (χ1v) is 24.2. The summed E-state index contributed by atoms with van der Waals surface area (Å²) in [6, 6.07) is 9.68. The van der Waals surface area contributed by atoms with Gasteiger partial charge in [-0.3, -0.25) is 33.8 Å². The second-order valence-corrected chi connectivity index (χ2v) is 20.3. The molecule has 3 aromatic rings. The van der Waals surface area contributed by atoms with Crippen LogP contribution in [-0.4, -0.2) is 148 Å². The van der Waals surface area contributed by atoms with Gasteiger partial charge in [-0.2, -0.15) is 0 Å². The molecule has 362 valence electrons. The van der Waals surface area contributed by atoms with E-state index in [0.717, 1.165) is 47.4 Å². The molecule has 6 heterocycles. The lowest BCUT2D eigenvalue weighted by molar-refractivity contribution is -0.154. The molecule has 7 atom stereocenters. The van der Waals surface area contributed by atoms with E-state index in [2.05, 4.69) is 25.9 Å². The molecule has 0 unspecified atom stereocenters. The maximum absolute atomic E-state index is 14.1. The number of rotatable bonds is 16. The van der Waals surface area contributed by atoms with E-state index in [1.165, 1.54) is 4.90 Å². The molecule has 6 N–H and O–H groups in total. The third-order valence-corrected chi connectivity index (χ3v) is 14.3. The molecule has 0 spiro atoms. The van der Waals surface area contributed by atoms with E-state index < -0.39 is 71.5 Å². The van der Waals surface area contributed by atoms with Crippen molar-refractivity contribution in [1.82, 2.24) is 40.6 Å². The third-order valence-electron chi connectivity index (χ3n) is 13.3. The largest absolute Gasteiger partial charge is 0.391 e. The molecule has 67 heavy (non-hydrogen) atoms. The van der Waals surface area contributed by atoms with E-state index in [-0.39, 0.29) is 69.8 Å². The van der Waals surface area contributed by atoms with Crippen LogP contribution in [0.2, 0.25) is 0 Å². The molecule has 0 aliphatic carbocycles. The summed E-state index contributed by atoms with van der Waals surface area (Å²) in [5.41, 5.74) is 9.75. The van der Waals surface area contributed by atoms with Crippen molar-refractivity contribution in [3.8, 4) is 10.4 Å². The first-order valence-electron chi connectivity index (χ1n) is 23.3. The monoisotopic (exact) mass is 943 g/mol. The lowest BCUT2D eigenvalue weighted by Crippen LogP contribution is -2.71. The summed E-state index contributed by atoms with van der Waals surface area (Å²) in [5, 5.41) is 19.4. The number of ether oxygens (including phenoxy) is 2. The van der Waals surface area contributed by atoms with Gasteiger partial charge in [0.2, 0.25) is 35.4 Å². The number of aliphatic hydroxyl groups excluding tert-OH is 1. The van der Waals surface area contributed by atoms with E-state index >= 15 is 0 Å². The topological polar surface area (TPSA) is 239 Å². The highest BCUT2D eigenvalue weighted by atomic mass is 32.1. The minimum atomic E-state index is -1.04. The van der Waals surface area contributed by atoms with Gasteiger partial charge in [-0.15, -0.1) is 11.3 Å². The number of fused-ring (bicyclic) bond motifs is 1. The number of nitrogens with two attached hydrogens (primary N) is 1. The summed E-state index contributed by atoms with van der Waals surface area (Å²) < 4.78 is 11.2. The number of carbonyl (C=O) groups is 6. The summed E-state index contributed by atoms with van der Waals surface area (Å²) in [7, 11) is 0. The minimum absolute atomic E-state index is 0.00434. The Morgan fingerprint density at radius 3 is 2.28 bits per heavy atom. The molecule has 0 radical (unpaired) electrons. The van der Waals surface area contributed by atoms with Gasteiger partial charge in [0, 0.05) is 25.2 Å². The number of benzene rings is 1. The number of thiazole rings is 1. The Balaban J connectivity index is 0.859. The molecular formula is C48H65N9O9S. The Morgan fingerprint density at radius 1 is 0.925 bits per heavy atom. The number of aryl methyl sites for hydroxylation is 1. The van der Waals surface area contributed by atoms with Crippen LogP contribution in [0, 0.1) is 12.3 Å². The average molecular weight is 944 g/mol. The van der Waals surface area contributed by atoms with Crippen molar-refractivity contribution in [2.75, 3.05) is 46.1 Å². The lowest BCUT2D eigenvalue weighted by atomic mass is 9.84. The van der Waals surface area contributed by atoms with Gasteiger partial charge in [-0.1, -0.05) is 63.9 Å².